The van der Waals surface area contributed by atoms with Crippen LogP contribution in [0.5, 0.6) is 0 Å². The second-order valence-electron chi connectivity index (χ2n) is 5.91. The molecule has 1 aliphatic rings. The van der Waals surface area contributed by atoms with Crippen molar-refractivity contribution in [2.24, 2.45) is 5.92 Å². The van der Waals surface area contributed by atoms with Gasteiger partial charge in [-0.2, -0.15) is 0 Å². The van der Waals surface area contributed by atoms with Crippen LogP contribution in [0.4, 0.5) is 0 Å². The van der Waals surface area contributed by atoms with Gasteiger partial charge in [0.25, 0.3) is 0 Å². The molecule has 1 rings (SSSR count). The predicted molar refractivity (Wildman–Crippen MR) is 76.4 cm³/mol. The molecule has 0 bridgehead atoms. The molecule has 1 fully saturated rings. The number of hydrogen-bond acceptors (Lipinski definition) is 2. The third-order valence-electron chi connectivity index (χ3n) is 4.33. The first-order valence-corrected chi connectivity index (χ1v) is 7.58. The summed E-state index contributed by atoms with van der Waals surface area (Å²) in [5.41, 5.74) is 0. The molecule has 0 amide bonds. The summed E-state index contributed by atoms with van der Waals surface area (Å²) in [4.78, 5) is 2.61. The van der Waals surface area contributed by atoms with E-state index in [2.05, 4.69) is 38.0 Å². The largest absolute Gasteiger partial charge is 0.315 e. The molecule has 0 aromatic heterocycles. The highest BCUT2D eigenvalue weighted by atomic mass is 15.1. The van der Waals surface area contributed by atoms with Gasteiger partial charge in [-0.1, -0.05) is 26.7 Å². The number of hydrogen-bond donors (Lipinski definition) is 1. The zero-order valence-corrected chi connectivity index (χ0v) is 12.3. The molecule has 0 spiro atoms. The van der Waals surface area contributed by atoms with Gasteiger partial charge in [-0.15, -0.1) is 0 Å². The Morgan fingerprint density at radius 3 is 2.65 bits per heavy atom. The number of nitrogens with zero attached hydrogens (tertiary/aromatic N) is 1. The molecule has 2 nitrogen and oxygen atoms in total. The fourth-order valence-electron chi connectivity index (χ4n) is 3.21. The maximum atomic E-state index is 3.49. The van der Waals surface area contributed by atoms with Gasteiger partial charge in [-0.05, 0) is 58.7 Å². The minimum absolute atomic E-state index is 0.678. The van der Waals surface area contributed by atoms with Crippen LogP contribution in [0.3, 0.4) is 0 Å². The summed E-state index contributed by atoms with van der Waals surface area (Å²) in [5, 5.41) is 3.49. The normalized spacial score (nSPS) is 27.4. The van der Waals surface area contributed by atoms with Crippen LogP contribution in [0.1, 0.15) is 59.3 Å². The van der Waals surface area contributed by atoms with Gasteiger partial charge in [0.2, 0.25) is 0 Å². The van der Waals surface area contributed by atoms with Gasteiger partial charge in [0.1, 0.15) is 0 Å². The fourth-order valence-corrected chi connectivity index (χ4v) is 3.21. The van der Waals surface area contributed by atoms with Crippen LogP contribution < -0.4 is 5.32 Å². The maximum Gasteiger partial charge on any atom is 0.0118 e. The number of rotatable bonds is 7. The molecule has 1 saturated carbocycles. The smallest absolute Gasteiger partial charge is 0.0118 e. The molecule has 0 aliphatic heterocycles. The van der Waals surface area contributed by atoms with E-state index in [0.29, 0.717) is 6.04 Å². The monoisotopic (exact) mass is 240 g/mol. The average Bonchev–Trinajstić information content (AvgIpc) is 2.29. The molecule has 1 aliphatic carbocycles. The zero-order valence-electron chi connectivity index (χ0n) is 12.3. The van der Waals surface area contributed by atoms with Crippen molar-refractivity contribution in [1.29, 1.82) is 0 Å². The molecule has 0 aromatic carbocycles. The second-order valence-corrected chi connectivity index (χ2v) is 5.91. The summed E-state index contributed by atoms with van der Waals surface area (Å²) in [6, 6.07) is 1.52. The van der Waals surface area contributed by atoms with Crippen LogP contribution in [0.25, 0.3) is 0 Å². The lowest BCUT2D eigenvalue weighted by Crippen LogP contribution is -2.39. The number of nitrogens with one attached hydrogen (secondary N) is 1. The summed E-state index contributed by atoms with van der Waals surface area (Å²) in [5.74, 6) is 0.903. The van der Waals surface area contributed by atoms with Crippen molar-refractivity contribution in [3.05, 3.63) is 0 Å². The standard InChI is InChI=1S/C15H32N2/c1-5-16-14(3)10-8-12-17(4)15-11-7-6-9-13(15)2/h13-16H,5-12H2,1-4H3. The average molecular weight is 240 g/mol. The van der Waals surface area contributed by atoms with E-state index < -0.39 is 0 Å². The minimum atomic E-state index is 0.678. The zero-order chi connectivity index (χ0) is 12.7. The molecule has 0 heterocycles. The van der Waals surface area contributed by atoms with Crippen LogP contribution >= 0.6 is 0 Å². The van der Waals surface area contributed by atoms with Crippen LogP contribution in [0.2, 0.25) is 0 Å². The Labute approximate surface area is 108 Å². The highest BCUT2D eigenvalue weighted by molar-refractivity contribution is 4.79. The van der Waals surface area contributed by atoms with Gasteiger partial charge in [0, 0.05) is 12.1 Å². The Bertz CT molecular complexity index is 193. The van der Waals surface area contributed by atoms with Crippen molar-refractivity contribution in [1.82, 2.24) is 10.2 Å². The quantitative estimate of drug-likeness (QED) is 0.735. The van der Waals surface area contributed by atoms with Gasteiger partial charge in [-0.25, -0.2) is 0 Å². The Balaban J connectivity index is 2.17. The van der Waals surface area contributed by atoms with Crippen LogP contribution in [-0.4, -0.2) is 37.1 Å². The first-order chi connectivity index (χ1) is 8.15. The van der Waals surface area contributed by atoms with Gasteiger partial charge in [0.05, 0.1) is 0 Å². The van der Waals surface area contributed by atoms with Crippen molar-refractivity contribution in [3.63, 3.8) is 0 Å². The topological polar surface area (TPSA) is 15.3 Å². The fraction of sp³-hybridized carbons (Fsp3) is 1.00. The molecule has 0 saturated heterocycles. The van der Waals surface area contributed by atoms with Crippen LogP contribution in [0, 0.1) is 5.92 Å². The molecule has 102 valence electrons. The predicted octanol–water partition coefficient (Wildman–Crippen LogP) is 3.28. The van der Waals surface area contributed by atoms with Crippen molar-refractivity contribution in [2.75, 3.05) is 20.1 Å². The van der Waals surface area contributed by atoms with Crippen molar-refractivity contribution < 1.29 is 0 Å². The molecular formula is C15H32N2. The maximum absolute atomic E-state index is 3.49. The Morgan fingerprint density at radius 2 is 2.00 bits per heavy atom. The molecule has 17 heavy (non-hydrogen) atoms. The highest BCUT2D eigenvalue weighted by Gasteiger charge is 2.24. The van der Waals surface area contributed by atoms with E-state index in [1.807, 2.05) is 0 Å². The van der Waals surface area contributed by atoms with E-state index in [1.165, 1.54) is 45.1 Å². The summed E-state index contributed by atoms with van der Waals surface area (Å²) in [6.45, 7) is 9.28. The molecule has 1 N–H and O–H groups in total. The Hall–Kier alpha value is -0.0800. The van der Waals surface area contributed by atoms with Crippen molar-refractivity contribution >= 4 is 0 Å². The molecule has 3 unspecified atom stereocenters. The summed E-state index contributed by atoms with van der Waals surface area (Å²) < 4.78 is 0. The van der Waals surface area contributed by atoms with E-state index in [-0.39, 0.29) is 0 Å². The molecule has 2 heteroatoms. The van der Waals surface area contributed by atoms with Crippen LogP contribution in [-0.2, 0) is 0 Å². The van der Waals surface area contributed by atoms with Crippen LogP contribution in [0.15, 0.2) is 0 Å². The van der Waals surface area contributed by atoms with E-state index in [0.717, 1.165) is 18.5 Å². The van der Waals surface area contributed by atoms with Gasteiger partial charge in [0.15, 0.2) is 0 Å². The summed E-state index contributed by atoms with van der Waals surface area (Å²) in [7, 11) is 2.32. The molecule has 0 aromatic rings. The molecule has 0 radical (unpaired) electrons. The summed E-state index contributed by atoms with van der Waals surface area (Å²) in [6.07, 6.45) is 8.37. The lowest BCUT2D eigenvalue weighted by molar-refractivity contribution is 0.137. The lowest BCUT2D eigenvalue weighted by Gasteiger charge is -2.36. The van der Waals surface area contributed by atoms with E-state index in [1.54, 1.807) is 0 Å². The van der Waals surface area contributed by atoms with Gasteiger partial charge in [-0.3, -0.25) is 0 Å². The Kier molecular flexibility index (Phi) is 7.14. The lowest BCUT2D eigenvalue weighted by atomic mass is 9.85. The van der Waals surface area contributed by atoms with E-state index >= 15 is 0 Å². The summed E-state index contributed by atoms with van der Waals surface area (Å²) >= 11 is 0. The first-order valence-electron chi connectivity index (χ1n) is 7.58. The third kappa shape index (κ3) is 5.39. The second kappa shape index (κ2) is 8.10. The van der Waals surface area contributed by atoms with E-state index in [9.17, 15) is 0 Å². The molecule has 3 atom stereocenters. The van der Waals surface area contributed by atoms with E-state index in [4.69, 9.17) is 0 Å². The van der Waals surface area contributed by atoms with Gasteiger partial charge >= 0.3 is 0 Å². The first kappa shape index (κ1) is 15.0. The van der Waals surface area contributed by atoms with Gasteiger partial charge < -0.3 is 10.2 Å². The SMILES string of the molecule is CCNC(C)CCCN(C)C1CCCCC1C. The van der Waals surface area contributed by atoms with Crippen molar-refractivity contribution in [2.45, 2.75) is 71.4 Å². The van der Waals surface area contributed by atoms with Crippen molar-refractivity contribution in [3.8, 4) is 0 Å². The minimum Gasteiger partial charge on any atom is -0.315 e. The Morgan fingerprint density at radius 1 is 1.29 bits per heavy atom. The highest BCUT2D eigenvalue weighted by Crippen LogP contribution is 2.27. The third-order valence-corrected chi connectivity index (χ3v) is 4.33. The molecular weight excluding hydrogens is 208 g/mol.